The number of halogens is 4. The Morgan fingerprint density at radius 1 is 1.13 bits per heavy atom. The molecule has 3 saturated carbocycles. The topological polar surface area (TPSA) is 102 Å². The molecule has 0 saturated heterocycles. The van der Waals surface area contributed by atoms with Crippen LogP contribution in [-0.4, -0.2) is 31.2 Å². The van der Waals surface area contributed by atoms with Gasteiger partial charge >= 0.3 is 0 Å². The normalized spacial score (nSPS) is 32.8. The van der Waals surface area contributed by atoms with E-state index >= 15 is 0 Å². The molecule has 6 nitrogen and oxygen atoms in total. The third-order valence-corrected chi connectivity index (χ3v) is 7.69. The molecule has 1 aromatic rings. The van der Waals surface area contributed by atoms with Crippen molar-refractivity contribution < 1.29 is 30.8 Å². The van der Waals surface area contributed by atoms with Gasteiger partial charge in [0.15, 0.2) is 5.03 Å². The van der Waals surface area contributed by atoms with Crippen molar-refractivity contribution in [3.8, 4) is 0 Å². The van der Waals surface area contributed by atoms with Crippen LogP contribution >= 0.6 is 0 Å². The molecule has 0 radical (unpaired) electrons. The molecule has 4 atom stereocenters. The molecule has 166 valence electrons. The number of carbonyl (C=O) groups excluding carboxylic acids is 1. The Balaban J connectivity index is 1.56. The number of fused-ring (bicyclic) bond motifs is 1. The Morgan fingerprint density at radius 2 is 1.80 bits per heavy atom. The first-order valence-corrected chi connectivity index (χ1v) is 11.5. The molecule has 3 aliphatic carbocycles. The first-order chi connectivity index (χ1) is 13.9. The molecular weight excluding hydrogens is 426 g/mol. The van der Waals surface area contributed by atoms with Gasteiger partial charge in [-0.05, 0) is 43.6 Å². The van der Waals surface area contributed by atoms with Gasteiger partial charge in [0.1, 0.15) is 0 Å². The van der Waals surface area contributed by atoms with Crippen molar-refractivity contribution in [2.75, 3.05) is 5.32 Å². The minimum Gasteiger partial charge on any atom is -0.326 e. The van der Waals surface area contributed by atoms with E-state index in [0.29, 0.717) is 6.42 Å². The third-order valence-electron chi connectivity index (χ3n) is 6.89. The number of amides is 1. The summed E-state index contributed by atoms with van der Waals surface area (Å²) in [5.41, 5.74) is 0.0824. The molecule has 11 heteroatoms. The zero-order valence-electron chi connectivity index (χ0n) is 16.0. The van der Waals surface area contributed by atoms with E-state index in [4.69, 9.17) is 5.14 Å². The fourth-order valence-electron chi connectivity index (χ4n) is 5.34. The van der Waals surface area contributed by atoms with Crippen molar-refractivity contribution in [3.05, 3.63) is 18.3 Å². The second kappa shape index (κ2) is 7.15. The second-order valence-corrected chi connectivity index (χ2v) is 10.2. The van der Waals surface area contributed by atoms with Crippen LogP contribution in [0, 0.1) is 29.6 Å². The van der Waals surface area contributed by atoms with Gasteiger partial charge in [0.05, 0.1) is 5.92 Å². The minimum atomic E-state index is -4.10. The number of nitrogens with two attached hydrogens (primary N) is 1. The molecule has 1 aromatic heterocycles. The van der Waals surface area contributed by atoms with E-state index in [1.807, 2.05) is 0 Å². The number of anilines is 1. The van der Waals surface area contributed by atoms with Crippen molar-refractivity contribution in [3.63, 3.8) is 0 Å². The maximum atomic E-state index is 14.3. The highest BCUT2D eigenvalue weighted by atomic mass is 32.2. The number of pyridine rings is 1. The van der Waals surface area contributed by atoms with Crippen LogP contribution in [0.25, 0.3) is 0 Å². The van der Waals surface area contributed by atoms with Crippen LogP contribution in [0.4, 0.5) is 23.2 Å². The van der Waals surface area contributed by atoms with Crippen LogP contribution in [0.1, 0.15) is 38.5 Å². The summed E-state index contributed by atoms with van der Waals surface area (Å²) < 4.78 is 78.7. The lowest BCUT2D eigenvalue weighted by molar-refractivity contribution is -0.126. The van der Waals surface area contributed by atoms with Gasteiger partial charge in [-0.2, -0.15) is 0 Å². The maximum absolute atomic E-state index is 14.3. The molecule has 0 bridgehead atoms. The molecule has 0 aliphatic heterocycles. The predicted molar refractivity (Wildman–Crippen MR) is 99.3 cm³/mol. The van der Waals surface area contributed by atoms with Gasteiger partial charge in [-0.3, -0.25) is 4.79 Å². The van der Waals surface area contributed by atoms with Gasteiger partial charge in [-0.15, -0.1) is 0 Å². The summed E-state index contributed by atoms with van der Waals surface area (Å²) >= 11 is 0. The summed E-state index contributed by atoms with van der Waals surface area (Å²) in [6.45, 7) is 0. The molecule has 4 rings (SSSR count). The highest BCUT2D eigenvalue weighted by Crippen LogP contribution is 2.67. The zero-order chi connectivity index (χ0) is 21.9. The molecule has 0 aromatic carbocycles. The van der Waals surface area contributed by atoms with Gasteiger partial charge in [0, 0.05) is 42.6 Å². The lowest BCUT2D eigenvalue weighted by Crippen LogP contribution is -2.40. The minimum absolute atomic E-state index is 0.0824. The van der Waals surface area contributed by atoms with Gasteiger partial charge in [-0.1, -0.05) is 0 Å². The van der Waals surface area contributed by atoms with Gasteiger partial charge < -0.3 is 5.32 Å². The summed E-state index contributed by atoms with van der Waals surface area (Å²) in [7, 11) is -4.10. The molecule has 3 N–H and O–H groups in total. The van der Waals surface area contributed by atoms with Crippen LogP contribution < -0.4 is 10.5 Å². The second-order valence-electron chi connectivity index (χ2n) is 8.68. The Bertz CT molecular complexity index is 946. The lowest BCUT2D eigenvalue weighted by atomic mass is 9.67. The van der Waals surface area contributed by atoms with Crippen LogP contribution in [0.5, 0.6) is 0 Å². The summed E-state index contributed by atoms with van der Waals surface area (Å²) in [5, 5.41) is 7.11. The monoisotopic (exact) mass is 449 g/mol. The fourth-order valence-corrected chi connectivity index (χ4v) is 5.84. The Labute approximate surface area is 171 Å². The first kappa shape index (κ1) is 21.5. The van der Waals surface area contributed by atoms with E-state index in [-0.39, 0.29) is 43.7 Å². The fraction of sp³-hybridized carbons (Fsp3) is 0.684. The van der Waals surface area contributed by atoms with Gasteiger partial charge in [0.25, 0.3) is 15.9 Å². The molecule has 3 fully saturated rings. The average molecular weight is 449 g/mol. The van der Waals surface area contributed by atoms with Crippen LogP contribution in [0.15, 0.2) is 23.4 Å². The largest absolute Gasteiger partial charge is 0.326 e. The molecule has 1 heterocycles. The summed E-state index contributed by atoms with van der Waals surface area (Å²) in [6.07, 6.45) is 1.63. The molecular formula is C19H23F4N3O3S. The number of alkyl halides is 4. The highest BCUT2D eigenvalue weighted by Gasteiger charge is 2.74. The van der Waals surface area contributed by atoms with E-state index in [1.165, 1.54) is 6.07 Å². The van der Waals surface area contributed by atoms with E-state index in [0.717, 1.165) is 12.3 Å². The van der Waals surface area contributed by atoms with E-state index < -0.39 is 56.5 Å². The Morgan fingerprint density at radius 3 is 2.43 bits per heavy atom. The number of aromatic nitrogens is 1. The SMILES string of the molecule is NS(=O)(=O)c1cc(NC(=O)[C@H]2C(C3CCC(F)(F)CC3)CCC3C2C3(F)F)ccn1. The van der Waals surface area contributed by atoms with E-state index in [9.17, 15) is 30.8 Å². The van der Waals surface area contributed by atoms with Crippen LogP contribution in [-0.2, 0) is 14.8 Å². The van der Waals surface area contributed by atoms with Crippen molar-refractivity contribution >= 4 is 21.6 Å². The number of nitrogens with one attached hydrogen (secondary N) is 1. The van der Waals surface area contributed by atoms with E-state index in [1.54, 1.807) is 0 Å². The number of nitrogens with zero attached hydrogens (tertiary/aromatic N) is 1. The molecule has 0 spiro atoms. The van der Waals surface area contributed by atoms with Crippen LogP contribution in [0.3, 0.4) is 0 Å². The van der Waals surface area contributed by atoms with Crippen molar-refractivity contribution in [1.82, 2.24) is 4.98 Å². The quantitative estimate of drug-likeness (QED) is 0.688. The number of primary sulfonamides is 1. The summed E-state index contributed by atoms with van der Waals surface area (Å²) in [5.74, 6) is -9.94. The number of hydrogen-bond acceptors (Lipinski definition) is 4. The van der Waals surface area contributed by atoms with Crippen LogP contribution in [0.2, 0.25) is 0 Å². The van der Waals surface area contributed by atoms with Crippen molar-refractivity contribution in [2.45, 2.75) is 55.4 Å². The summed E-state index contributed by atoms with van der Waals surface area (Å²) in [6, 6.07) is 2.41. The summed E-state index contributed by atoms with van der Waals surface area (Å²) in [4.78, 5) is 16.7. The van der Waals surface area contributed by atoms with E-state index in [2.05, 4.69) is 10.3 Å². The Kier molecular flexibility index (Phi) is 5.12. The van der Waals surface area contributed by atoms with Crippen molar-refractivity contribution in [2.24, 2.45) is 34.7 Å². The highest BCUT2D eigenvalue weighted by molar-refractivity contribution is 7.89. The maximum Gasteiger partial charge on any atom is 0.255 e. The van der Waals surface area contributed by atoms with Crippen molar-refractivity contribution in [1.29, 1.82) is 0 Å². The molecule has 3 aliphatic rings. The number of sulfonamides is 1. The number of hydrogen-bond donors (Lipinski definition) is 2. The van der Waals surface area contributed by atoms with Gasteiger partial charge in [-0.25, -0.2) is 36.1 Å². The predicted octanol–water partition coefficient (Wildman–Crippen LogP) is 3.40. The number of carbonyl (C=O) groups is 1. The number of rotatable bonds is 4. The zero-order valence-corrected chi connectivity index (χ0v) is 16.8. The standard InChI is InChI=1S/C19H23F4N3O3S/c20-18(21)6-3-10(4-7-18)12-1-2-13-16(19(13,22)23)15(12)17(27)26-11-5-8-25-14(9-11)30(24,28)29/h5,8-10,12-13,15-16H,1-4,6-7H2,(H2,24,28,29)(H,25,26,27)/t12?,13?,15-,16?/m0/s1. The first-order valence-electron chi connectivity index (χ1n) is 9.95. The average Bonchev–Trinajstić information content (AvgIpc) is 3.22. The third kappa shape index (κ3) is 3.93. The lowest BCUT2D eigenvalue weighted by Gasteiger charge is -2.39. The Hall–Kier alpha value is -1.75. The molecule has 3 unspecified atom stereocenters. The van der Waals surface area contributed by atoms with Gasteiger partial charge in [0.2, 0.25) is 11.8 Å². The molecule has 1 amide bonds. The molecule has 30 heavy (non-hydrogen) atoms. The smallest absolute Gasteiger partial charge is 0.255 e.